The van der Waals surface area contributed by atoms with E-state index in [-0.39, 0.29) is 6.61 Å². The number of pyridine rings is 1. The van der Waals surface area contributed by atoms with E-state index in [2.05, 4.69) is 4.98 Å². The van der Waals surface area contributed by atoms with Crippen molar-refractivity contribution in [3.63, 3.8) is 0 Å². The van der Waals surface area contributed by atoms with Gasteiger partial charge in [0.1, 0.15) is 5.82 Å². The Kier molecular flexibility index (Phi) is 3.10. The lowest BCUT2D eigenvalue weighted by atomic mass is 10.2. The van der Waals surface area contributed by atoms with Gasteiger partial charge in [0.15, 0.2) is 5.69 Å². The molecule has 0 amide bonds. The number of nitrogens with zero attached hydrogens (tertiary/aromatic N) is 2. The Morgan fingerprint density at radius 1 is 1.59 bits per heavy atom. The van der Waals surface area contributed by atoms with Gasteiger partial charge < -0.3 is 14.2 Å². The Bertz CT molecular complexity index is 560. The number of aliphatic hydroxyl groups excluding tert-OH is 1. The van der Waals surface area contributed by atoms with E-state index in [0.29, 0.717) is 17.9 Å². The highest BCUT2D eigenvalue weighted by molar-refractivity contribution is 5.96. The van der Waals surface area contributed by atoms with Crippen molar-refractivity contribution < 1.29 is 14.6 Å². The lowest BCUT2D eigenvalue weighted by molar-refractivity contribution is 0.0596. The standard InChI is InChI=1S/C12H14N2O3/c1-8-4-3-6-14-9(5-7-15)13-10(11(8)14)12(16)17-2/h3-4,6,15H,5,7H2,1-2H3. The summed E-state index contributed by atoms with van der Waals surface area (Å²) in [6.45, 7) is 1.90. The number of ether oxygens (including phenoxy) is 1. The average Bonchev–Trinajstić information content (AvgIpc) is 2.69. The Labute approximate surface area is 98.7 Å². The molecular weight excluding hydrogens is 220 g/mol. The third-order valence-electron chi connectivity index (χ3n) is 2.65. The molecule has 90 valence electrons. The molecule has 2 heterocycles. The average molecular weight is 234 g/mol. The first-order valence-electron chi connectivity index (χ1n) is 5.34. The highest BCUT2D eigenvalue weighted by Crippen LogP contribution is 2.18. The van der Waals surface area contributed by atoms with Crippen molar-refractivity contribution in [2.75, 3.05) is 13.7 Å². The first-order chi connectivity index (χ1) is 8.19. The quantitative estimate of drug-likeness (QED) is 0.803. The van der Waals surface area contributed by atoms with Crippen LogP contribution < -0.4 is 0 Å². The van der Waals surface area contributed by atoms with Crippen LogP contribution in [0.15, 0.2) is 18.3 Å². The Balaban J connectivity index is 2.71. The molecule has 0 aliphatic carbocycles. The SMILES string of the molecule is COC(=O)c1nc(CCO)n2cccc(C)c12. The van der Waals surface area contributed by atoms with Gasteiger partial charge in [0.25, 0.3) is 0 Å². The zero-order chi connectivity index (χ0) is 12.4. The van der Waals surface area contributed by atoms with Crippen LogP contribution in [0.5, 0.6) is 0 Å². The second kappa shape index (κ2) is 4.55. The normalized spacial score (nSPS) is 10.8. The van der Waals surface area contributed by atoms with E-state index in [1.54, 1.807) is 0 Å². The van der Waals surface area contributed by atoms with Crippen molar-refractivity contribution in [3.05, 3.63) is 35.4 Å². The van der Waals surface area contributed by atoms with Gasteiger partial charge in [-0.05, 0) is 18.6 Å². The number of aliphatic hydroxyl groups is 1. The first kappa shape index (κ1) is 11.6. The van der Waals surface area contributed by atoms with Crippen molar-refractivity contribution in [2.45, 2.75) is 13.3 Å². The predicted octanol–water partition coefficient (Wildman–Crippen LogP) is 0.964. The monoisotopic (exact) mass is 234 g/mol. The molecule has 2 aromatic heterocycles. The maximum Gasteiger partial charge on any atom is 0.358 e. The molecule has 0 radical (unpaired) electrons. The van der Waals surface area contributed by atoms with Crippen LogP contribution in [0.3, 0.4) is 0 Å². The minimum atomic E-state index is -0.457. The summed E-state index contributed by atoms with van der Waals surface area (Å²) in [6, 6.07) is 3.79. The summed E-state index contributed by atoms with van der Waals surface area (Å²) >= 11 is 0. The van der Waals surface area contributed by atoms with Gasteiger partial charge in [0.2, 0.25) is 0 Å². The number of rotatable bonds is 3. The zero-order valence-corrected chi connectivity index (χ0v) is 9.80. The van der Waals surface area contributed by atoms with Crippen molar-refractivity contribution in [1.29, 1.82) is 0 Å². The van der Waals surface area contributed by atoms with Crippen LogP contribution in [0.4, 0.5) is 0 Å². The molecule has 2 aromatic rings. The Morgan fingerprint density at radius 2 is 2.35 bits per heavy atom. The van der Waals surface area contributed by atoms with E-state index in [0.717, 1.165) is 11.1 Å². The number of carbonyl (C=O) groups excluding carboxylic acids is 1. The number of fused-ring (bicyclic) bond motifs is 1. The van der Waals surface area contributed by atoms with Crippen molar-refractivity contribution >= 4 is 11.5 Å². The number of esters is 1. The van der Waals surface area contributed by atoms with Crippen LogP contribution in [0.1, 0.15) is 21.9 Å². The molecule has 0 aromatic carbocycles. The van der Waals surface area contributed by atoms with E-state index in [9.17, 15) is 4.79 Å². The molecule has 0 saturated heterocycles. The summed E-state index contributed by atoms with van der Waals surface area (Å²) < 4.78 is 6.53. The van der Waals surface area contributed by atoms with Crippen LogP contribution in [0.2, 0.25) is 0 Å². The Hall–Kier alpha value is -1.88. The van der Waals surface area contributed by atoms with Gasteiger partial charge in [-0.15, -0.1) is 0 Å². The van der Waals surface area contributed by atoms with Gasteiger partial charge >= 0.3 is 5.97 Å². The van der Waals surface area contributed by atoms with Gasteiger partial charge in [-0.3, -0.25) is 0 Å². The lowest BCUT2D eigenvalue weighted by Crippen LogP contribution is -2.03. The van der Waals surface area contributed by atoms with Gasteiger partial charge in [0, 0.05) is 12.6 Å². The summed E-state index contributed by atoms with van der Waals surface area (Å²) in [5.41, 5.74) is 1.99. The van der Waals surface area contributed by atoms with Crippen LogP contribution in [-0.4, -0.2) is 34.2 Å². The molecule has 0 fully saturated rings. The second-order valence-corrected chi connectivity index (χ2v) is 3.75. The van der Waals surface area contributed by atoms with E-state index in [4.69, 9.17) is 9.84 Å². The van der Waals surface area contributed by atoms with Gasteiger partial charge in [-0.2, -0.15) is 0 Å². The van der Waals surface area contributed by atoms with E-state index < -0.39 is 5.97 Å². The second-order valence-electron chi connectivity index (χ2n) is 3.75. The number of hydrogen-bond acceptors (Lipinski definition) is 4. The van der Waals surface area contributed by atoms with Crippen molar-refractivity contribution in [3.8, 4) is 0 Å². The Morgan fingerprint density at radius 3 is 3.00 bits per heavy atom. The zero-order valence-electron chi connectivity index (χ0n) is 9.80. The van der Waals surface area contributed by atoms with E-state index >= 15 is 0 Å². The lowest BCUT2D eigenvalue weighted by Gasteiger charge is -2.01. The van der Waals surface area contributed by atoms with E-state index in [1.165, 1.54) is 7.11 Å². The summed E-state index contributed by atoms with van der Waals surface area (Å²) in [4.78, 5) is 15.9. The fraction of sp³-hybridized carbons (Fsp3) is 0.333. The number of imidazole rings is 1. The maximum atomic E-state index is 11.6. The molecule has 0 atom stereocenters. The van der Waals surface area contributed by atoms with Crippen LogP contribution in [0, 0.1) is 6.92 Å². The summed E-state index contributed by atoms with van der Waals surface area (Å²) in [6.07, 6.45) is 2.23. The molecule has 17 heavy (non-hydrogen) atoms. The van der Waals surface area contributed by atoms with Crippen LogP contribution >= 0.6 is 0 Å². The fourth-order valence-electron chi connectivity index (χ4n) is 1.88. The summed E-state index contributed by atoms with van der Waals surface area (Å²) in [5.74, 6) is 0.201. The number of hydrogen-bond donors (Lipinski definition) is 1. The molecule has 0 unspecified atom stereocenters. The van der Waals surface area contributed by atoms with Crippen LogP contribution in [0.25, 0.3) is 5.52 Å². The molecule has 2 rings (SSSR count). The fourth-order valence-corrected chi connectivity index (χ4v) is 1.88. The molecule has 1 N–H and O–H groups in total. The molecule has 0 saturated carbocycles. The molecule has 0 aliphatic heterocycles. The molecule has 5 heteroatoms. The number of methoxy groups -OCH3 is 1. The van der Waals surface area contributed by atoms with Gasteiger partial charge in [-0.1, -0.05) is 6.07 Å². The van der Waals surface area contributed by atoms with Crippen molar-refractivity contribution in [2.24, 2.45) is 0 Å². The number of aryl methyl sites for hydroxylation is 1. The highest BCUT2D eigenvalue weighted by atomic mass is 16.5. The summed E-state index contributed by atoms with van der Waals surface area (Å²) in [7, 11) is 1.33. The summed E-state index contributed by atoms with van der Waals surface area (Å²) in [5, 5.41) is 8.98. The minimum Gasteiger partial charge on any atom is -0.464 e. The smallest absolute Gasteiger partial charge is 0.358 e. The molecular formula is C12H14N2O3. The molecule has 0 aliphatic rings. The third kappa shape index (κ3) is 1.89. The number of carbonyl (C=O) groups is 1. The maximum absolute atomic E-state index is 11.6. The van der Waals surface area contributed by atoms with Crippen molar-refractivity contribution in [1.82, 2.24) is 9.38 Å². The largest absolute Gasteiger partial charge is 0.464 e. The third-order valence-corrected chi connectivity index (χ3v) is 2.65. The predicted molar refractivity (Wildman–Crippen MR) is 62.1 cm³/mol. The molecule has 0 bridgehead atoms. The van der Waals surface area contributed by atoms with E-state index in [1.807, 2.05) is 29.7 Å². The van der Waals surface area contributed by atoms with Gasteiger partial charge in [-0.25, -0.2) is 9.78 Å². The first-order valence-corrected chi connectivity index (χ1v) is 5.34. The number of aromatic nitrogens is 2. The molecule has 0 spiro atoms. The minimum absolute atomic E-state index is 0.00628. The topological polar surface area (TPSA) is 63.8 Å². The molecule has 5 nitrogen and oxygen atoms in total. The highest BCUT2D eigenvalue weighted by Gasteiger charge is 2.18. The van der Waals surface area contributed by atoms with Gasteiger partial charge in [0.05, 0.1) is 19.2 Å². The van der Waals surface area contributed by atoms with Crippen LogP contribution in [-0.2, 0) is 11.2 Å².